The predicted octanol–water partition coefficient (Wildman–Crippen LogP) is 3.11. The van der Waals surface area contributed by atoms with Crippen LogP contribution in [-0.4, -0.2) is 69.5 Å². The molecule has 7 nitrogen and oxygen atoms in total. The van der Waals surface area contributed by atoms with Crippen LogP contribution in [-0.2, 0) is 14.8 Å². The Morgan fingerprint density at radius 2 is 1.79 bits per heavy atom. The quantitative estimate of drug-likeness (QED) is 0.647. The zero-order valence-corrected chi connectivity index (χ0v) is 20.3. The Bertz CT molecular complexity index is 1110. The van der Waals surface area contributed by atoms with Crippen molar-refractivity contribution in [1.29, 1.82) is 0 Å². The Labute approximate surface area is 200 Å². The Morgan fingerprint density at radius 1 is 1.06 bits per heavy atom. The maximum absolute atomic E-state index is 13.9. The van der Waals surface area contributed by atoms with Crippen LogP contribution < -0.4 is 5.32 Å². The fraction of sp³-hybridized carbons (Fsp3) is 0.480. The number of carbonyl (C=O) groups is 1. The summed E-state index contributed by atoms with van der Waals surface area (Å²) in [4.78, 5) is 15.5. The SMILES string of the molecule is Cc1ccc(S(=O)(=O)N2CCCCC2)cc1C(=O)NCC(c1cccc(F)c1)N1CCOCC1. The van der Waals surface area contributed by atoms with Crippen LogP contribution in [0.25, 0.3) is 0 Å². The van der Waals surface area contributed by atoms with Crippen LogP contribution in [0.4, 0.5) is 4.39 Å². The molecule has 2 aliphatic rings. The highest BCUT2D eigenvalue weighted by molar-refractivity contribution is 7.89. The van der Waals surface area contributed by atoms with Gasteiger partial charge in [-0.25, -0.2) is 12.8 Å². The van der Waals surface area contributed by atoms with Gasteiger partial charge in [-0.15, -0.1) is 0 Å². The number of sulfonamides is 1. The molecule has 4 rings (SSSR count). The average Bonchev–Trinajstić information content (AvgIpc) is 2.85. The summed E-state index contributed by atoms with van der Waals surface area (Å²) in [5.74, 6) is -0.670. The third-order valence-corrected chi connectivity index (χ3v) is 8.48. The number of rotatable bonds is 7. The van der Waals surface area contributed by atoms with Gasteiger partial charge in [-0.2, -0.15) is 4.31 Å². The van der Waals surface area contributed by atoms with Gasteiger partial charge >= 0.3 is 0 Å². The highest BCUT2D eigenvalue weighted by Gasteiger charge is 2.28. The summed E-state index contributed by atoms with van der Waals surface area (Å²) in [5, 5.41) is 2.96. The van der Waals surface area contributed by atoms with Gasteiger partial charge in [-0.05, 0) is 55.2 Å². The van der Waals surface area contributed by atoms with Crippen molar-refractivity contribution in [3.8, 4) is 0 Å². The van der Waals surface area contributed by atoms with E-state index < -0.39 is 10.0 Å². The van der Waals surface area contributed by atoms with Crippen molar-refractivity contribution in [3.05, 3.63) is 65.0 Å². The van der Waals surface area contributed by atoms with Gasteiger partial charge in [-0.1, -0.05) is 24.6 Å². The molecule has 1 amide bonds. The maximum Gasteiger partial charge on any atom is 0.251 e. The van der Waals surface area contributed by atoms with Crippen LogP contribution in [0.5, 0.6) is 0 Å². The molecule has 0 spiro atoms. The molecule has 0 radical (unpaired) electrons. The first-order valence-electron chi connectivity index (χ1n) is 11.8. The molecule has 2 aliphatic heterocycles. The third kappa shape index (κ3) is 5.66. The summed E-state index contributed by atoms with van der Waals surface area (Å²) < 4.78 is 47.1. The summed E-state index contributed by atoms with van der Waals surface area (Å²) in [6.45, 7) is 5.59. The average molecular weight is 490 g/mol. The van der Waals surface area contributed by atoms with Crippen molar-refractivity contribution in [2.45, 2.75) is 37.1 Å². The van der Waals surface area contributed by atoms with E-state index in [0.717, 1.165) is 24.8 Å². The van der Waals surface area contributed by atoms with E-state index in [1.54, 1.807) is 25.1 Å². The highest BCUT2D eigenvalue weighted by Crippen LogP contribution is 2.24. The van der Waals surface area contributed by atoms with Gasteiger partial charge in [0.25, 0.3) is 5.91 Å². The molecule has 9 heteroatoms. The monoisotopic (exact) mass is 489 g/mol. The number of ether oxygens (including phenoxy) is 1. The summed E-state index contributed by atoms with van der Waals surface area (Å²) >= 11 is 0. The summed E-state index contributed by atoms with van der Waals surface area (Å²) in [7, 11) is -3.64. The first-order valence-corrected chi connectivity index (χ1v) is 13.3. The zero-order chi connectivity index (χ0) is 24.1. The molecular formula is C25H32FN3O4S. The molecular weight excluding hydrogens is 457 g/mol. The first-order chi connectivity index (χ1) is 16.4. The standard InChI is InChI=1S/C25H32FN3O4S/c1-19-8-9-22(34(31,32)29-10-3-2-4-11-29)17-23(19)25(30)27-18-24(28-12-14-33-15-13-28)20-6-5-7-21(26)16-20/h5-9,16-17,24H,2-4,10-15,18H2,1H3,(H,27,30). The summed E-state index contributed by atoms with van der Waals surface area (Å²) in [5.41, 5.74) is 1.81. The first kappa shape index (κ1) is 24.8. The lowest BCUT2D eigenvalue weighted by Gasteiger charge is -2.35. The molecule has 0 bridgehead atoms. The van der Waals surface area contributed by atoms with Crippen molar-refractivity contribution < 1.29 is 22.3 Å². The molecule has 1 atom stereocenters. The number of benzene rings is 2. The van der Waals surface area contributed by atoms with Gasteiger partial charge in [0.1, 0.15) is 5.82 Å². The van der Waals surface area contributed by atoms with Crippen molar-refractivity contribution in [3.63, 3.8) is 0 Å². The maximum atomic E-state index is 13.9. The molecule has 0 aliphatic carbocycles. The minimum atomic E-state index is -3.64. The number of carbonyl (C=O) groups excluding carboxylic acids is 1. The molecule has 0 saturated carbocycles. The smallest absolute Gasteiger partial charge is 0.251 e. The number of piperidine rings is 1. The zero-order valence-electron chi connectivity index (χ0n) is 19.5. The Balaban J connectivity index is 1.53. The van der Waals surface area contributed by atoms with Crippen LogP contribution in [0.15, 0.2) is 47.4 Å². The molecule has 34 heavy (non-hydrogen) atoms. The lowest BCUT2D eigenvalue weighted by molar-refractivity contribution is 0.0162. The number of halogens is 1. The van der Waals surface area contributed by atoms with Crippen LogP contribution >= 0.6 is 0 Å². The molecule has 2 heterocycles. The van der Waals surface area contributed by atoms with Gasteiger partial charge in [0.15, 0.2) is 0 Å². The molecule has 0 aromatic heterocycles. The lowest BCUT2D eigenvalue weighted by Crippen LogP contribution is -2.44. The highest BCUT2D eigenvalue weighted by atomic mass is 32.2. The molecule has 184 valence electrons. The topological polar surface area (TPSA) is 79.0 Å². The minimum absolute atomic E-state index is 0.139. The van der Waals surface area contributed by atoms with E-state index >= 15 is 0 Å². The second kappa shape index (κ2) is 10.9. The van der Waals surface area contributed by atoms with Gasteiger partial charge in [0, 0.05) is 38.3 Å². The van der Waals surface area contributed by atoms with Gasteiger partial charge in [-0.3, -0.25) is 9.69 Å². The molecule has 2 aromatic carbocycles. The van der Waals surface area contributed by atoms with E-state index in [0.29, 0.717) is 50.5 Å². The van der Waals surface area contributed by atoms with E-state index in [4.69, 9.17) is 4.74 Å². The predicted molar refractivity (Wildman–Crippen MR) is 128 cm³/mol. The van der Waals surface area contributed by atoms with Crippen molar-refractivity contribution in [2.24, 2.45) is 0 Å². The number of hydrogen-bond acceptors (Lipinski definition) is 5. The summed E-state index contributed by atoms with van der Waals surface area (Å²) in [6, 6.07) is 10.9. The second-order valence-corrected chi connectivity index (χ2v) is 10.8. The van der Waals surface area contributed by atoms with Crippen LogP contribution in [0.2, 0.25) is 0 Å². The van der Waals surface area contributed by atoms with E-state index in [2.05, 4.69) is 10.2 Å². The van der Waals surface area contributed by atoms with Crippen LogP contribution in [0.3, 0.4) is 0 Å². The molecule has 2 aromatic rings. The van der Waals surface area contributed by atoms with Gasteiger partial charge < -0.3 is 10.1 Å². The van der Waals surface area contributed by atoms with Crippen molar-refractivity contribution >= 4 is 15.9 Å². The van der Waals surface area contributed by atoms with Crippen molar-refractivity contribution in [1.82, 2.24) is 14.5 Å². The van der Waals surface area contributed by atoms with Gasteiger partial charge in [0.2, 0.25) is 10.0 Å². The number of morpholine rings is 1. The van der Waals surface area contributed by atoms with E-state index in [1.807, 2.05) is 6.07 Å². The van der Waals surface area contributed by atoms with Crippen LogP contribution in [0.1, 0.15) is 46.8 Å². The Kier molecular flexibility index (Phi) is 7.98. The largest absolute Gasteiger partial charge is 0.379 e. The number of nitrogens with one attached hydrogen (secondary N) is 1. The van der Waals surface area contributed by atoms with E-state index in [1.165, 1.54) is 22.5 Å². The Morgan fingerprint density at radius 3 is 2.50 bits per heavy atom. The number of aryl methyl sites for hydroxylation is 1. The Hall–Kier alpha value is -2.33. The number of nitrogens with zero attached hydrogens (tertiary/aromatic N) is 2. The number of hydrogen-bond donors (Lipinski definition) is 1. The lowest BCUT2D eigenvalue weighted by atomic mass is 10.0. The molecule has 1 N–H and O–H groups in total. The second-order valence-electron chi connectivity index (χ2n) is 8.87. The fourth-order valence-electron chi connectivity index (χ4n) is 4.61. The molecule has 2 fully saturated rings. The van der Waals surface area contributed by atoms with Gasteiger partial charge in [0.05, 0.1) is 24.2 Å². The third-order valence-electron chi connectivity index (χ3n) is 6.58. The minimum Gasteiger partial charge on any atom is -0.379 e. The molecule has 2 saturated heterocycles. The molecule has 1 unspecified atom stereocenters. The van der Waals surface area contributed by atoms with E-state index in [-0.39, 0.29) is 29.2 Å². The van der Waals surface area contributed by atoms with E-state index in [9.17, 15) is 17.6 Å². The van der Waals surface area contributed by atoms with Crippen molar-refractivity contribution in [2.75, 3.05) is 45.9 Å². The van der Waals surface area contributed by atoms with Crippen LogP contribution in [0, 0.1) is 12.7 Å². The fourth-order valence-corrected chi connectivity index (χ4v) is 6.15. The number of amides is 1. The summed E-state index contributed by atoms with van der Waals surface area (Å²) in [6.07, 6.45) is 2.73. The normalized spacial score (nSPS) is 19.0.